The minimum atomic E-state index is -0.108. The molecule has 0 saturated carbocycles. The molecule has 0 N–H and O–H groups in total. The molecule has 0 saturated heterocycles. The van der Waals surface area contributed by atoms with Crippen molar-refractivity contribution in [3.8, 4) is 0 Å². The van der Waals surface area contributed by atoms with Crippen molar-refractivity contribution in [1.29, 1.82) is 0 Å². The second kappa shape index (κ2) is 6.70. The van der Waals surface area contributed by atoms with Crippen LogP contribution in [0.3, 0.4) is 0 Å². The average molecular weight is 252 g/mol. The Bertz CT molecular complexity index is 388. The Labute approximate surface area is 108 Å². The summed E-state index contributed by atoms with van der Waals surface area (Å²) >= 11 is 1.70. The van der Waals surface area contributed by atoms with Gasteiger partial charge in [-0.1, -0.05) is 13.0 Å². The van der Waals surface area contributed by atoms with Crippen LogP contribution in [0.15, 0.2) is 23.1 Å². The van der Waals surface area contributed by atoms with Crippen molar-refractivity contribution in [3.63, 3.8) is 0 Å². The number of benzene rings is 1. The molecule has 94 valence electrons. The second-order valence-electron chi connectivity index (χ2n) is 4.21. The van der Waals surface area contributed by atoms with Crippen molar-refractivity contribution in [2.75, 3.05) is 12.4 Å². The zero-order valence-electron chi connectivity index (χ0n) is 10.9. The highest BCUT2D eigenvalue weighted by Crippen LogP contribution is 2.23. The number of rotatable bonds is 5. The largest absolute Gasteiger partial charge is 0.466 e. The molecule has 1 aromatic carbocycles. The fourth-order valence-corrected chi connectivity index (χ4v) is 2.38. The van der Waals surface area contributed by atoms with Crippen LogP contribution < -0.4 is 0 Å². The fraction of sp³-hybridized carbons (Fsp3) is 0.500. The van der Waals surface area contributed by atoms with Crippen LogP contribution in [0.25, 0.3) is 0 Å². The van der Waals surface area contributed by atoms with Gasteiger partial charge in [0.15, 0.2) is 0 Å². The van der Waals surface area contributed by atoms with E-state index in [1.54, 1.807) is 11.8 Å². The molecule has 0 aliphatic rings. The molecule has 0 spiro atoms. The van der Waals surface area contributed by atoms with Crippen LogP contribution in [0.5, 0.6) is 0 Å². The quantitative estimate of drug-likeness (QED) is 0.591. The summed E-state index contributed by atoms with van der Waals surface area (Å²) in [4.78, 5) is 12.7. The Kier molecular flexibility index (Phi) is 5.56. The van der Waals surface area contributed by atoms with Crippen LogP contribution in [-0.2, 0) is 9.53 Å². The molecule has 1 atom stereocenters. The van der Waals surface area contributed by atoms with Gasteiger partial charge in [0.1, 0.15) is 0 Å². The summed E-state index contributed by atoms with van der Waals surface area (Å²) in [5.41, 5.74) is 2.59. The lowest BCUT2D eigenvalue weighted by atomic mass is 10.1. The van der Waals surface area contributed by atoms with Gasteiger partial charge in [0.05, 0.1) is 12.5 Å². The van der Waals surface area contributed by atoms with Crippen LogP contribution in [0.2, 0.25) is 0 Å². The summed E-state index contributed by atoms with van der Waals surface area (Å²) in [6.07, 6.45) is 0. The standard InChI is InChI=1S/C14H20O2S/c1-5-16-14(15)12(4)9-17-13-7-6-10(2)11(3)8-13/h6-8,12H,5,9H2,1-4H3. The van der Waals surface area contributed by atoms with Gasteiger partial charge < -0.3 is 4.74 Å². The Morgan fingerprint density at radius 1 is 1.35 bits per heavy atom. The summed E-state index contributed by atoms with van der Waals surface area (Å²) in [6.45, 7) is 8.41. The van der Waals surface area contributed by atoms with Crippen LogP contribution in [0, 0.1) is 19.8 Å². The number of hydrogen-bond acceptors (Lipinski definition) is 3. The van der Waals surface area contributed by atoms with Gasteiger partial charge in [0, 0.05) is 10.6 Å². The third kappa shape index (κ3) is 4.43. The zero-order chi connectivity index (χ0) is 12.8. The van der Waals surface area contributed by atoms with E-state index >= 15 is 0 Å². The third-order valence-electron chi connectivity index (χ3n) is 2.67. The van der Waals surface area contributed by atoms with Crippen molar-refractivity contribution < 1.29 is 9.53 Å². The van der Waals surface area contributed by atoms with Crippen molar-refractivity contribution in [2.24, 2.45) is 5.92 Å². The Balaban J connectivity index is 2.50. The second-order valence-corrected chi connectivity index (χ2v) is 5.30. The molecule has 2 nitrogen and oxygen atoms in total. The monoisotopic (exact) mass is 252 g/mol. The molecule has 17 heavy (non-hydrogen) atoms. The molecule has 0 heterocycles. The normalized spacial score (nSPS) is 12.2. The first-order valence-electron chi connectivity index (χ1n) is 5.91. The molecule has 0 amide bonds. The van der Waals surface area contributed by atoms with Gasteiger partial charge in [-0.2, -0.15) is 0 Å². The van der Waals surface area contributed by atoms with Crippen LogP contribution in [-0.4, -0.2) is 18.3 Å². The van der Waals surface area contributed by atoms with E-state index in [1.807, 2.05) is 13.8 Å². The molecule has 1 unspecified atom stereocenters. The first kappa shape index (κ1) is 14.1. The van der Waals surface area contributed by atoms with E-state index in [0.29, 0.717) is 6.61 Å². The van der Waals surface area contributed by atoms with E-state index in [1.165, 1.54) is 16.0 Å². The Morgan fingerprint density at radius 3 is 2.65 bits per heavy atom. The lowest BCUT2D eigenvalue weighted by Gasteiger charge is -2.10. The van der Waals surface area contributed by atoms with Crippen molar-refractivity contribution in [1.82, 2.24) is 0 Å². The van der Waals surface area contributed by atoms with E-state index in [0.717, 1.165) is 5.75 Å². The third-order valence-corrected chi connectivity index (χ3v) is 3.92. The summed E-state index contributed by atoms with van der Waals surface area (Å²) in [7, 11) is 0. The summed E-state index contributed by atoms with van der Waals surface area (Å²) in [5, 5.41) is 0. The van der Waals surface area contributed by atoms with E-state index < -0.39 is 0 Å². The maximum absolute atomic E-state index is 11.4. The average Bonchev–Trinajstić information content (AvgIpc) is 2.30. The molecular weight excluding hydrogens is 232 g/mol. The number of carbonyl (C=O) groups excluding carboxylic acids is 1. The summed E-state index contributed by atoms with van der Waals surface area (Å²) in [6, 6.07) is 6.38. The maximum atomic E-state index is 11.4. The molecule has 0 fully saturated rings. The Morgan fingerprint density at radius 2 is 2.06 bits per heavy atom. The molecule has 1 aromatic rings. The number of ether oxygens (including phenoxy) is 1. The minimum absolute atomic E-state index is 0.0541. The highest BCUT2D eigenvalue weighted by molar-refractivity contribution is 7.99. The topological polar surface area (TPSA) is 26.3 Å². The first-order valence-corrected chi connectivity index (χ1v) is 6.89. The van der Waals surface area contributed by atoms with Crippen molar-refractivity contribution >= 4 is 17.7 Å². The fourth-order valence-electron chi connectivity index (χ4n) is 1.38. The molecule has 0 aliphatic carbocycles. The van der Waals surface area contributed by atoms with Gasteiger partial charge in [0.25, 0.3) is 0 Å². The van der Waals surface area contributed by atoms with Crippen LogP contribution >= 0.6 is 11.8 Å². The lowest BCUT2D eigenvalue weighted by molar-refractivity contribution is -0.146. The maximum Gasteiger partial charge on any atom is 0.309 e. The van der Waals surface area contributed by atoms with E-state index in [9.17, 15) is 4.79 Å². The van der Waals surface area contributed by atoms with Crippen LogP contribution in [0.4, 0.5) is 0 Å². The van der Waals surface area contributed by atoms with Crippen LogP contribution in [0.1, 0.15) is 25.0 Å². The number of hydrogen-bond donors (Lipinski definition) is 0. The minimum Gasteiger partial charge on any atom is -0.466 e. The van der Waals surface area contributed by atoms with E-state index in [2.05, 4.69) is 32.0 Å². The molecule has 0 aromatic heterocycles. The first-order chi connectivity index (χ1) is 8.04. The molecule has 0 aliphatic heterocycles. The van der Waals surface area contributed by atoms with Gasteiger partial charge in [-0.05, 0) is 44.0 Å². The highest BCUT2D eigenvalue weighted by Gasteiger charge is 2.14. The molecule has 0 radical (unpaired) electrons. The lowest BCUT2D eigenvalue weighted by Crippen LogP contribution is -2.16. The molecule has 3 heteroatoms. The predicted octanol–water partition coefficient (Wildman–Crippen LogP) is 3.59. The van der Waals surface area contributed by atoms with Gasteiger partial charge in [0.2, 0.25) is 0 Å². The summed E-state index contributed by atoms with van der Waals surface area (Å²) < 4.78 is 4.98. The van der Waals surface area contributed by atoms with Gasteiger partial charge in [-0.15, -0.1) is 11.8 Å². The van der Waals surface area contributed by atoms with Gasteiger partial charge in [-0.3, -0.25) is 4.79 Å². The highest BCUT2D eigenvalue weighted by atomic mass is 32.2. The van der Waals surface area contributed by atoms with Crippen molar-refractivity contribution in [3.05, 3.63) is 29.3 Å². The zero-order valence-corrected chi connectivity index (χ0v) is 11.8. The SMILES string of the molecule is CCOC(=O)C(C)CSc1ccc(C)c(C)c1. The number of carbonyl (C=O) groups is 1. The summed E-state index contributed by atoms with van der Waals surface area (Å²) in [5.74, 6) is 0.604. The van der Waals surface area contributed by atoms with Gasteiger partial charge >= 0.3 is 5.97 Å². The molecule has 1 rings (SSSR count). The predicted molar refractivity (Wildman–Crippen MR) is 72.4 cm³/mol. The number of thioether (sulfide) groups is 1. The number of aryl methyl sites for hydroxylation is 2. The molecule has 0 bridgehead atoms. The van der Waals surface area contributed by atoms with Gasteiger partial charge in [-0.25, -0.2) is 0 Å². The van der Waals surface area contributed by atoms with E-state index in [4.69, 9.17) is 4.74 Å². The Hall–Kier alpha value is -0.960. The van der Waals surface area contributed by atoms with E-state index in [-0.39, 0.29) is 11.9 Å². The number of esters is 1. The molecular formula is C14H20O2S. The van der Waals surface area contributed by atoms with Crippen molar-refractivity contribution in [2.45, 2.75) is 32.6 Å². The smallest absolute Gasteiger partial charge is 0.309 e.